The summed E-state index contributed by atoms with van der Waals surface area (Å²) in [6, 6.07) is 6.72. The average molecular weight is 297 g/mol. The summed E-state index contributed by atoms with van der Waals surface area (Å²) >= 11 is 0. The van der Waals surface area contributed by atoms with Crippen LogP contribution < -0.4 is 15.0 Å². The van der Waals surface area contributed by atoms with E-state index in [1.54, 1.807) is 24.3 Å². The van der Waals surface area contributed by atoms with Gasteiger partial charge in [-0.3, -0.25) is 0 Å². The summed E-state index contributed by atoms with van der Waals surface area (Å²) in [6.07, 6.45) is -4.29. The molecule has 0 saturated carbocycles. The second-order valence-electron chi connectivity index (χ2n) is 4.13. The van der Waals surface area contributed by atoms with E-state index in [4.69, 9.17) is 0 Å². The number of hydrogen-bond donors (Lipinski definition) is 1. The van der Waals surface area contributed by atoms with Crippen molar-refractivity contribution in [3.63, 3.8) is 0 Å². The van der Waals surface area contributed by atoms with Crippen molar-refractivity contribution in [2.24, 2.45) is 0 Å². The molecular formula is C12H16ClF3N2O. The number of nitrogens with zero attached hydrogens (tertiary/aromatic N) is 1. The molecule has 0 radical (unpaired) electrons. The van der Waals surface area contributed by atoms with Crippen LogP contribution in [0, 0.1) is 0 Å². The summed E-state index contributed by atoms with van der Waals surface area (Å²) in [6.45, 7) is 2.41. The smallest absolute Gasteiger partial charge is 0.422 e. The number of hydrogen-bond acceptors (Lipinski definition) is 3. The number of ether oxygens (including phenoxy) is 1. The minimum absolute atomic E-state index is 0. The molecular weight excluding hydrogens is 281 g/mol. The number of benzene rings is 1. The summed E-state index contributed by atoms with van der Waals surface area (Å²) < 4.78 is 40.6. The molecule has 0 amide bonds. The van der Waals surface area contributed by atoms with Crippen LogP contribution in [0.4, 0.5) is 18.9 Å². The first-order valence-corrected chi connectivity index (χ1v) is 5.80. The van der Waals surface area contributed by atoms with Gasteiger partial charge in [-0.2, -0.15) is 13.2 Å². The Morgan fingerprint density at radius 1 is 1.11 bits per heavy atom. The highest BCUT2D eigenvalue weighted by atomic mass is 35.5. The molecule has 7 heteroatoms. The van der Waals surface area contributed by atoms with Crippen molar-refractivity contribution < 1.29 is 17.9 Å². The van der Waals surface area contributed by atoms with E-state index in [0.29, 0.717) is 0 Å². The van der Waals surface area contributed by atoms with Crippen molar-refractivity contribution in [3.05, 3.63) is 24.3 Å². The van der Waals surface area contributed by atoms with Gasteiger partial charge < -0.3 is 15.0 Å². The highest BCUT2D eigenvalue weighted by Crippen LogP contribution is 2.22. The van der Waals surface area contributed by atoms with Crippen molar-refractivity contribution >= 4 is 18.1 Å². The molecule has 3 nitrogen and oxygen atoms in total. The van der Waals surface area contributed by atoms with Gasteiger partial charge in [0.15, 0.2) is 6.61 Å². The summed E-state index contributed by atoms with van der Waals surface area (Å²) in [7, 11) is 0. The molecule has 1 aliphatic rings. The Balaban J connectivity index is 0.00000180. The molecule has 0 aliphatic carbocycles. The minimum Gasteiger partial charge on any atom is -0.484 e. The summed E-state index contributed by atoms with van der Waals surface area (Å²) in [5.41, 5.74) is 1.01. The molecule has 1 saturated heterocycles. The molecule has 1 aliphatic heterocycles. The van der Waals surface area contributed by atoms with E-state index in [1.165, 1.54) is 0 Å². The predicted molar refractivity (Wildman–Crippen MR) is 70.3 cm³/mol. The van der Waals surface area contributed by atoms with Gasteiger partial charge in [0.05, 0.1) is 0 Å². The lowest BCUT2D eigenvalue weighted by Crippen LogP contribution is -2.43. The van der Waals surface area contributed by atoms with E-state index in [1.807, 2.05) is 0 Å². The molecule has 1 N–H and O–H groups in total. The molecule has 108 valence electrons. The van der Waals surface area contributed by atoms with Gasteiger partial charge in [-0.15, -0.1) is 12.4 Å². The number of piperazine rings is 1. The van der Waals surface area contributed by atoms with E-state index < -0.39 is 12.8 Å². The van der Waals surface area contributed by atoms with Crippen LogP contribution in [0.15, 0.2) is 24.3 Å². The molecule has 0 aromatic heterocycles. The third-order valence-corrected chi connectivity index (χ3v) is 2.72. The maximum atomic E-state index is 12.0. The fourth-order valence-electron chi connectivity index (χ4n) is 1.84. The third-order valence-electron chi connectivity index (χ3n) is 2.72. The lowest BCUT2D eigenvalue weighted by molar-refractivity contribution is -0.153. The van der Waals surface area contributed by atoms with Crippen LogP contribution in [0.2, 0.25) is 0 Å². The van der Waals surface area contributed by atoms with E-state index in [2.05, 4.69) is 15.0 Å². The van der Waals surface area contributed by atoms with E-state index in [-0.39, 0.29) is 18.2 Å². The fourth-order valence-corrected chi connectivity index (χ4v) is 1.84. The standard InChI is InChI=1S/C12H15F3N2O.ClH/c13-12(14,15)9-18-11-3-1-10(2-4-11)17-7-5-16-6-8-17;/h1-4,16H,5-9H2;1H. The van der Waals surface area contributed by atoms with Crippen molar-refractivity contribution in [1.29, 1.82) is 0 Å². The van der Waals surface area contributed by atoms with E-state index in [9.17, 15) is 13.2 Å². The van der Waals surface area contributed by atoms with Crippen LogP contribution in [0.1, 0.15) is 0 Å². The number of anilines is 1. The topological polar surface area (TPSA) is 24.5 Å². The Morgan fingerprint density at radius 2 is 1.68 bits per heavy atom. The summed E-state index contributed by atoms with van der Waals surface area (Å²) in [5, 5.41) is 3.24. The highest BCUT2D eigenvalue weighted by Gasteiger charge is 2.28. The maximum Gasteiger partial charge on any atom is 0.422 e. The lowest BCUT2D eigenvalue weighted by atomic mass is 10.2. The van der Waals surface area contributed by atoms with Gasteiger partial charge in [0.25, 0.3) is 0 Å². The molecule has 2 rings (SSSR count). The van der Waals surface area contributed by atoms with Crippen LogP contribution in [-0.4, -0.2) is 39.0 Å². The van der Waals surface area contributed by atoms with Crippen LogP contribution in [0.5, 0.6) is 5.75 Å². The normalized spacial score (nSPS) is 15.8. The number of halogens is 4. The Kier molecular flexibility index (Phi) is 5.75. The first kappa shape index (κ1) is 15.9. The molecule has 0 atom stereocenters. The molecule has 0 spiro atoms. The van der Waals surface area contributed by atoms with Crippen molar-refractivity contribution in [1.82, 2.24) is 5.32 Å². The second kappa shape index (κ2) is 6.86. The third kappa shape index (κ3) is 5.16. The Hall–Kier alpha value is -1.14. The first-order chi connectivity index (χ1) is 8.54. The quantitative estimate of drug-likeness (QED) is 0.927. The van der Waals surface area contributed by atoms with Gasteiger partial charge in [0.1, 0.15) is 5.75 Å². The number of nitrogens with one attached hydrogen (secondary N) is 1. The minimum atomic E-state index is -4.29. The Morgan fingerprint density at radius 3 is 2.21 bits per heavy atom. The van der Waals surface area contributed by atoms with Crippen LogP contribution in [-0.2, 0) is 0 Å². The van der Waals surface area contributed by atoms with Crippen molar-refractivity contribution in [3.8, 4) is 5.75 Å². The van der Waals surface area contributed by atoms with Crippen molar-refractivity contribution in [2.75, 3.05) is 37.7 Å². The Bertz CT molecular complexity index is 378. The Labute approximate surface area is 116 Å². The molecule has 0 bridgehead atoms. The van der Waals surface area contributed by atoms with Crippen LogP contribution >= 0.6 is 12.4 Å². The molecule has 19 heavy (non-hydrogen) atoms. The number of rotatable bonds is 3. The summed E-state index contributed by atoms with van der Waals surface area (Å²) in [5.74, 6) is 0.242. The molecule has 1 aromatic rings. The van der Waals surface area contributed by atoms with Gasteiger partial charge in [-0.25, -0.2) is 0 Å². The molecule has 1 fully saturated rings. The molecule has 1 heterocycles. The SMILES string of the molecule is Cl.FC(F)(F)COc1ccc(N2CCNCC2)cc1. The lowest BCUT2D eigenvalue weighted by Gasteiger charge is -2.29. The second-order valence-corrected chi connectivity index (χ2v) is 4.13. The van der Waals surface area contributed by atoms with Crippen LogP contribution in [0.25, 0.3) is 0 Å². The average Bonchev–Trinajstić information content (AvgIpc) is 2.37. The molecule has 1 aromatic carbocycles. The fraction of sp³-hybridized carbons (Fsp3) is 0.500. The largest absolute Gasteiger partial charge is 0.484 e. The molecule has 0 unspecified atom stereocenters. The first-order valence-electron chi connectivity index (χ1n) is 5.80. The number of alkyl halides is 3. The van der Waals surface area contributed by atoms with Gasteiger partial charge in [0, 0.05) is 31.9 Å². The zero-order valence-corrected chi connectivity index (χ0v) is 11.1. The van der Waals surface area contributed by atoms with E-state index in [0.717, 1.165) is 31.9 Å². The van der Waals surface area contributed by atoms with Gasteiger partial charge in [-0.05, 0) is 24.3 Å². The zero-order valence-electron chi connectivity index (χ0n) is 10.2. The van der Waals surface area contributed by atoms with Crippen LogP contribution in [0.3, 0.4) is 0 Å². The van der Waals surface area contributed by atoms with Gasteiger partial charge in [0.2, 0.25) is 0 Å². The van der Waals surface area contributed by atoms with Gasteiger partial charge >= 0.3 is 6.18 Å². The van der Waals surface area contributed by atoms with Crippen molar-refractivity contribution in [2.45, 2.75) is 6.18 Å². The predicted octanol–water partition coefficient (Wildman–Crippen LogP) is 2.46. The maximum absolute atomic E-state index is 12.0. The highest BCUT2D eigenvalue weighted by molar-refractivity contribution is 5.85. The van der Waals surface area contributed by atoms with Gasteiger partial charge in [-0.1, -0.05) is 0 Å². The zero-order chi connectivity index (χ0) is 13.0. The summed E-state index contributed by atoms with van der Waals surface area (Å²) in [4.78, 5) is 2.18. The monoisotopic (exact) mass is 296 g/mol. The van der Waals surface area contributed by atoms with E-state index >= 15 is 0 Å².